The minimum Gasteiger partial charge on any atom is -0.495 e. The van der Waals surface area contributed by atoms with Gasteiger partial charge in [-0.2, -0.15) is 0 Å². The lowest BCUT2D eigenvalue weighted by molar-refractivity contribution is 0.1000. The molecule has 7 nitrogen and oxygen atoms in total. The number of nitrogens with one attached hydrogen (secondary N) is 2. The molecule has 0 saturated heterocycles. The van der Waals surface area contributed by atoms with Gasteiger partial charge in [0.25, 0.3) is 0 Å². The molecular weight excluding hydrogens is 298 g/mol. The number of hydrogen-bond donors (Lipinski definition) is 3. The molecule has 0 saturated carbocycles. The molecule has 0 aliphatic heterocycles. The highest BCUT2D eigenvalue weighted by Gasteiger charge is 2.10. The fourth-order valence-electron chi connectivity index (χ4n) is 1.78. The van der Waals surface area contributed by atoms with Crippen molar-refractivity contribution in [2.45, 2.75) is 20.3 Å². The lowest BCUT2D eigenvalue weighted by atomic mass is 10.1. The summed E-state index contributed by atoms with van der Waals surface area (Å²) < 4.78 is 10.6. The number of anilines is 1. The van der Waals surface area contributed by atoms with Crippen LogP contribution in [0.15, 0.2) is 18.2 Å². The van der Waals surface area contributed by atoms with Gasteiger partial charge in [-0.3, -0.25) is 4.79 Å². The quantitative estimate of drug-likeness (QED) is 0.605. The first-order valence-electron chi connectivity index (χ1n) is 7.54. The Morgan fingerprint density at radius 3 is 2.61 bits per heavy atom. The lowest BCUT2D eigenvalue weighted by Gasteiger charge is -2.12. The molecule has 0 atom stereocenters. The molecule has 0 bridgehead atoms. The van der Waals surface area contributed by atoms with Gasteiger partial charge in [-0.25, -0.2) is 4.79 Å². The molecule has 23 heavy (non-hydrogen) atoms. The number of hydrogen-bond acceptors (Lipinski definition) is 4. The Bertz CT molecular complexity index is 532. The molecule has 0 aromatic heterocycles. The number of primary amides is 1. The molecule has 1 aromatic rings. The van der Waals surface area contributed by atoms with Gasteiger partial charge in [0.05, 0.1) is 19.4 Å². The molecule has 1 rings (SSSR count). The molecule has 1 aromatic carbocycles. The largest absolute Gasteiger partial charge is 0.495 e. The SMILES string of the molecule is COc1ccc(C(N)=O)cc1NC(=O)NCCOCCC(C)C. The summed E-state index contributed by atoms with van der Waals surface area (Å²) in [5, 5.41) is 5.30. The molecule has 7 heteroatoms. The average Bonchev–Trinajstić information content (AvgIpc) is 2.50. The van der Waals surface area contributed by atoms with Crippen LogP contribution in [0.4, 0.5) is 10.5 Å². The van der Waals surface area contributed by atoms with E-state index in [2.05, 4.69) is 24.5 Å². The van der Waals surface area contributed by atoms with Crippen molar-refractivity contribution >= 4 is 17.6 Å². The standard InChI is InChI=1S/C16H25N3O4/c1-11(2)6-8-23-9-7-18-16(21)19-13-10-12(15(17)20)4-5-14(13)22-3/h4-5,10-11H,6-9H2,1-3H3,(H2,17,20)(H2,18,19,21). The minimum atomic E-state index is -0.574. The first-order valence-corrected chi connectivity index (χ1v) is 7.54. The Hall–Kier alpha value is -2.28. The minimum absolute atomic E-state index is 0.290. The van der Waals surface area contributed by atoms with E-state index in [0.717, 1.165) is 6.42 Å². The predicted molar refractivity (Wildman–Crippen MR) is 88.8 cm³/mol. The highest BCUT2D eigenvalue weighted by Crippen LogP contribution is 2.25. The molecule has 0 radical (unpaired) electrons. The number of nitrogens with two attached hydrogens (primary N) is 1. The van der Waals surface area contributed by atoms with E-state index in [1.165, 1.54) is 19.2 Å². The third-order valence-electron chi connectivity index (χ3n) is 3.10. The van der Waals surface area contributed by atoms with Gasteiger partial charge >= 0.3 is 6.03 Å². The second kappa shape index (κ2) is 9.68. The molecule has 0 unspecified atom stereocenters. The summed E-state index contributed by atoms with van der Waals surface area (Å²) in [5.74, 6) is 0.462. The van der Waals surface area contributed by atoms with E-state index in [4.69, 9.17) is 15.2 Å². The van der Waals surface area contributed by atoms with E-state index >= 15 is 0 Å². The van der Waals surface area contributed by atoms with Crippen LogP contribution in [0.2, 0.25) is 0 Å². The van der Waals surface area contributed by atoms with Crippen molar-refractivity contribution < 1.29 is 19.1 Å². The van der Waals surface area contributed by atoms with Crippen LogP contribution in [0.25, 0.3) is 0 Å². The fraction of sp³-hybridized carbons (Fsp3) is 0.500. The summed E-state index contributed by atoms with van der Waals surface area (Å²) in [5.41, 5.74) is 5.90. The average molecular weight is 323 g/mol. The van der Waals surface area contributed by atoms with E-state index in [0.29, 0.717) is 37.1 Å². The maximum atomic E-state index is 11.9. The summed E-state index contributed by atoms with van der Waals surface area (Å²) >= 11 is 0. The number of methoxy groups -OCH3 is 1. The third kappa shape index (κ3) is 7.01. The molecule has 4 N–H and O–H groups in total. The summed E-state index contributed by atoms with van der Waals surface area (Å²) in [7, 11) is 1.48. The van der Waals surface area contributed by atoms with Gasteiger partial charge < -0.3 is 25.8 Å². The Morgan fingerprint density at radius 1 is 1.26 bits per heavy atom. The number of amides is 3. The fourth-order valence-corrected chi connectivity index (χ4v) is 1.78. The second-order valence-electron chi connectivity index (χ2n) is 5.46. The lowest BCUT2D eigenvalue weighted by Crippen LogP contribution is -2.32. The number of urea groups is 1. The van der Waals surface area contributed by atoms with Crippen LogP contribution in [0, 0.1) is 5.92 Å². The summed E-state index contributed by atoms with van der Waals surface area (Å²) in [6, 6.07) is 4.18. The highest BCUT2D eigenvalue weighted by atomic mass is 16.5. The number of benzene rings is 1. The molecular formula is C16H25N3O4. The predicted octanol–water partition coefficient (Wildman–Crippen LogP) is 1.98. The number of carbonyl (C=O) groups is 2. The van der Waals surface area contributed by atoms with Crippen LogP contribution in [-0.2, 0) is 4.74 Å². The Morgan fingerprint density at radius 2 is 2.00 bits per heavy atom. The van der Waals surface area contributed by atoms with E-state index in [-0.39, 0.29) is 5.56 Å². The molecule has 0 aliphatic rings. The van der Waals surface area contributed by atoms with Crippen LogP contribution < -0.4 is 21.1 Å². The van der Waals surface area contributed by atoms with Crippen molar-refractivity contribution in [1.29, 1.82) is 0 Å². The molecule has 3 amide bonds. The molecule has 128 valence electrons. The maximum absolute atomic E-state index is 11.9. The van der Waals surface area contributed by atoms with E-state index in [1.807, 2.05) is 0 Å². The zero-order valence-corrected chi connectivity index (χ0v) is 13.8. The van der Waals surface area contributed by atoms with E-state index in [9.17, 15) is 9.59 Å². The van der Waals surface area contributed by atoms with Crippen molar-refractivity contribution in [3.05, 3.63) is 23.8 Å². The van der Waals surface area contributed by atoms with Crippen LogP contribution in [-0.4, -0.2) is 38.8 Å². The maximum Gasteiger partial charge on any atom is 0.319 e. The van der Waals surface area contributed by atoms with Crippen LogP contribution in [0.1, 0.15) is 30.6 Å². The van der Waals surface area contributed by atoms with Crippen LogP contribution in [0.5, 0.6) is 5.75 Å². The van der Waals surface area contributed by atoms with Gasteiger partial charge in [0.1, 0.15) is 5.75 Å². The van der Waals surface area contributed by atoms with Gasteiger partial charge in [-0.05, 0) is 30.5 Å². The van der Waals surface area contributed by atoms with Crippen molar-refractivity contribution in [2.24, 2.45) is 11.7 Å². The highest BCUT2D eigenvalue weighted by molar-refractivity contribution is 5.97. The summed E-state index contributed by atoms with van der Waals surface area (Å²) in [6.45, 7) is 5.76. The normalized spacial score (nSPS) is 10.4. The monoisotopic (exact) mass is 323 g/mol. The Kier molecular flexibility index (Phi) is 7.90. The summed E-state index contributed by atoms with van der Waals surface area (Å²) in [4.78, 5) is 23.0. The second-order valence-corrected chi connectivity index (χ2v) is 5.46. The first kappa shape index (κ1) is 18.8. The smallest absolute Gasteiger partial charge is 0.319 e. The van der Waals surface area contributed by atoms with Gasteiger partial charge in [0, 0.05) is 18.7 Å². The zero-order valence-electron chi connectivity index (χ0n) is 13.8. The van der Waals surface area contributed by atoms with E-state index in [1.54, 1.807) is 6.07 Å². The van der Waals surface area contributed by atoms with Crippen LogP contribution >= 0.6 is 0 Å². The number of ether oxygens (including phenoxy) is 2. The molecule has 0 fully saturated rings. The third-order valence-corrected chi connectivity index (χ3v) is 3.10. The Balaban J connectivity index is 2.44. The molecule has 0 heterocycles. The first-order chi connectivity index (χ1) is 10.9. The molecule has 0 spiro atoms. The Labute approximate surface area is 136 Å². The van der Waals surface area contributed by atoms with E-state index < -0.39 is 11.9 Å². The van der Waals surface area contributed by atoms with Crippen molar-refractivity contribution in [2.75, 3.05) is 32.2 Å². The summed E-state index contributed by atoms with van der Waals surface area (Å²) in [6.07, 6.45) is 0.989. The number of carbonyl (C=O) groups excluding carboxylic acids is 2. The van der Waals surface area contributed by atoms with Crippen molar-refractivity contribution in [3.8, 4) is 5.75 Å². The van der Waals surface area contributed by atoms with Gasteiger partial charge in [0.2, 0.25) is 5.91 Å². The van der Waals surface area contributed by atoms with Crippen molar-refractivity contribution in [1.82, 2.24) is 5.32 Å². The van der Waals surface area contributed by atoms with Gasteiger partial charge in [0.15, 0.2) is 0 Å². The molecule has 0 aliphatic carbocycles. The van der Waals surface area contributed by atoms with Gasteiger partial charge in [-0.15, -0.1) is 0 Å². The zero-order chi connectivity index (χ0) is 17.2. The van der Waals surface area contributed by atoms with Crippen LogP contribution in [0.3, 0.4) is 0 Å². The van der Waals surface area contributed by atoms with Crippen molar-refractivity contribution in [3.63, 3.8) is 0 Å². The topological polar surface area (TPSA) is 103 Å². The number of rotatable bonds is 9. The van der Waals surface area contributed by atoms with Gasteiger partial charge in [-0.1, -0.05) is 13.8 Å².